The van der Waals surface area contributed by atoms with Gasteiger partial charge in [-0.3, -0.25) is 0 Å². The molecule has 0 radical (unpaired) electrons. The first-order valence-electron chi connectivity index (χ1n) is 6.89. The third kappa shape index (κ3) is 3.00. The van der Waals surface area contributed by atoms with Crippen LogP contribution >= 0.6 is 0 Å². The number of anilines is 2. The van der Waals surface area contributed by atoms with Crippen LogP contribution in [0, 0.1) is 0 Å². The summed E-state index contributed by atoms with van der Waals surface area (Å²) in [5.74, 6) is 7.28. The molecule has 112 valence electrons. The van der Waals surface area contributed by atoms with Gasteiger partial charge < -0.3 is 20.2 Å². The summed E-state index contributed by atoms with van der Waals surface area (Å²) in [7, 11) is 0. The molecule has 4 N–H and O–H groups in total. The molecule has 1 aromatic rings. The summed E-state index contributed by atoms with van der Waals surface area (Å²) >= 11 is 0. The molecule has 1 saturated heterocycles. The van der Waals surface area contributed by atoms with E-state index in [4.69, 9.17) is 10.6 Å². The third-order valence-electron chi connectivity index (χ3n) is 3.41. The number of hydrogen-bond acceptors (Lipinski definition) is 7. The highest BCUT2D eigenvalue weighted by molar-refractivity contribution is 5.60. The first-order valence-corrected chi connectivity index (χ1v) is 6.89. The van der Waals surface area contributed by atoms with Crippen LogP contribution in [0.2, 0.25) is 0 Å². The van der Waals surface area contributed by atoms with E-state index in [0.717, 1.165) is 17.9 Å². The molecule has 20 heavy (non-hydrogen) atoms. The first kappa shape index (κ1) is 15.0. The fourth-order valence-electron chi connectivity index (χ4n) is 2.60. The molecule has 2 rings (SSSR count). The zero-order chi connectivity index (χ0) is 14.7. The predicted octanol–water partition coefficient (Wildman–Crippen LogP) is 0.472. The fourth-order valence-corrected chi connectivity index (χ4v) is 2.60. The van der Waals surface area contributed by atoms with Gasteiger partial charge in [0, 0.05) is 18.7 Å². The highest BCUT2D eigenvalue weighted by atomic mass is 16.5. The van der Waals surface area contributed by atoms with Crippen molar-refractivity contribution in [2.75, 3.05) is 30.0 Å². The summed E-state index contributed by atoms with van der Waals surface area (Å²) in [4.78, 5) is 10.7. The molecule has 0 aromatic carbocycles. The largest absolute Gasteiger partial charge is 0.394 e. The van der Waals surface area contributed by atoms with Gasteiger partial charge >= 0.3 is 0 Å². The van der Waals surface area contributed by atoms with Gasteiger partial charge in [0.1, 0.15) is 18.0 Å². The first-order chi connectivity index (χ1) is 9.56. The van der Waals surface area contributed by atoms with E-state index in [1.165, 1.54) is 6.33 Å². The average Bonchev–Trinajstić information content (AvgIpc) is 2.45. The number of nitrogens with two attached hydrogens (primary N) is 1. The van der Waals surface area contributed by atoms with Crippen molar-refractivity contribution in [3.8, 4) is 0 Å². The van der Waals surface area contributed by atoms with Crippen molar-refractivity contribution in [3.05, 3.63) is 11.9 Å². The average molecular weight is 281 g/mol. The molecule has 2 heterocycles. The highest BCUT2D eigenvalue weighted by Gasteiger charge is 2.28. The number of hydrazine groups is 1. The van der Waals surface area contributed by atoms with Crippen molar-refractivity contribution in [2.45, 2.75) is 38.9 Å². The van der Waals surface area contributed by atoms with Crippen molar-refractivity contribution < 1.29 is 9.84 Å². The molecule has 2 unspecified atom stereocenters. The van der Waals surface area contributed by atoms with Crippen molar-refractivity contribution in [1.82, 2.24) is 9.97 Å². The van der Waals surface area contributed by atoms with Crippen LogP contribution in [0.25, 0.3) is 0 Å². The van der Waals surface area contributed by atoms with E-state index in [2.05, 4.69) is 34.1 Å². The van der Waals surface area contributed by atoms with Crippen LogP contribution in [-0.2, 0) is 4.74 Å². The highest BCUT2D eigenvalue weighted by Crippen LogP contribution is 2.31. The number of ether oxygens (including phenoxy) is 1. The van der Waals surface area contributed by atoms with Gasteiger partial charge in [0.25, 0.3) is 0 Å². The zero-order valence-corrected chi connectivity index (χ0v) is 12.2. The zero-order valence-electron chi connectivity index (χ0n) is 12.2. The van der Waals surface area contributed by atoms with E-state index in [1.807, 2.05) is 6.92 Å². The Morgan fingerprint density at radius 1 is 1.50 bits per heavy atom. The SMILES string of the molecule is CC1CN(c2ncnc(NN)c2C(C)C)CC(CO)O1. The van der Waals surface area contributed by atoms with E-state index < -0.39 is 0 Å². The Morgan fingerprint density at radius 2 is 2.25 bits per heavy atom. The summed E-state index contributed by atoms with van der Waals surface area (Å²) in [6.07, 6.45) is 1.36. The lowest BCUT2D eigenvalue weighted by molar-refractivity contribution is -0.0423. The molecule has 1 aromatic heterocycles. The van der Waals surface area contributed by atoms with Crippen LogP contribution in [-0.4, -0.2) is 47.0 Å². The molecular weight excluding hydrogens is 258 g/mol. The maximum absolute atomic E-state index is 9.34. The topological polar surface area (TPSA) is 96.5 Å². The summed E-state index contributed by atoms with van der Waals surface area (Å²) in [6, 6.07) is 0. The number of hydrogen-bond donors (Lipinski definition) is 3. The van der Waals surface area contributed by atoms with E-state index in [0.29, 0.717) is 12.4 Å². The molecule has 1 aliphatic rings. The quantitative estimate of drug-likeness (QED) is 0.545. The van der Waals surface area contributed by atoms with E-state index in [9.17, 15) is 5.11 Å². The van der Waals surface area contributed by atoms with Gasteiger partial charge in [-0.1, -0.05) is 13.8 Å². The normalized spacial score (nSPS) is 23.2. The maximum Gasteiger partial charge on any atom is 0.148 e. The number of rotatable bonds is 4. The van der Waals surface area contributed by atoms with Crippen LogP contribution in [0.4, 0.5) is 11.6 Å². The van der Waals surface area contributed by atoms with Crippen molar-refractivity contribution in [3.63, 3.8) is 0 Å². The molecular formula is C13H23N5O2. The number of nitrogens with zero attached hydrogens (tertiary/aromatic N) is 3. The second kappa shape index (κ2) is 6.34. The van der Waals surface area contributed by atoms with Crippen LogP contribution in [0.15, 0.2) is 6.33 Å². The standard InChI is InChI=1S/C13H23N5O2/c1-8(2)11-12(17-14)15-7-16-13(11)18-4-9(3)20-10(5-18)6-19/h7-10,19H,4-6,14H2,1-3H3,(H,15,16,17). The molecule has 2 atom stereocenters. The minimum atomic E-state index is -0.192. The lowest BCUT2D eigenvalue weighted by atomic mass is 10.0. The van der Waals surface area contributed by atoms with Gasteiger partial charge in [-0.15, -0.1) is 0 Å². The van der Waals surface area contributed by atoms with E-state index in [1.54, 1.807) is 0 Å². The Hall–Kier alpha value is -1.44. The van der Waals surface area contributed by atoms with Gasteiger partial charge in [0.05, 0.1) is 18.8 Å². The minimum absolute atomic E-state index is 0.00489. The van der Waals surface area contributed by atoms with Gasteiger partial charge in [-0.25, -0.2) is 15.8 Å². The second-order valence-electron chi connectivity index (χ2n) is 5.41. The monoisotopic (exact) mass is 281 g/mol. The molecule has 0 saturated carbocycles. The van der Waals surface area contributed by atoms with Gasteiger partial charge in [0.2, 0.25) is 0 Å². The summed E-state index contributed by atoms with van der Waals surface area (Å²) in [6.45, 7) is 7.50. The molecule has 0 aliphatic carbocycles. The van der Waals surface area contributed by atoms with Crippen LogP contribution in [0.3, 0.4) is 0 Å². The van der Waals surface area contributed by atoms with Gasteiger partial charge in [-0.2, -0.15) is 0 Å². The maximum atomic E-state index is 9.34. The molecule has 7 nitrogen and oxygen atoms in total. The Kier molecular flexibility index (Phi) is 4.74. The number of morpholine rings is 1. The number of aliphatic hydroxyl groups excluding tert-OH is 1. The van der Waals surface area contributed by atoms with Crippen LogP contribution in [0.1, 0.15) is 32.3 Å². The summed E-state index contributed by atoms with van der Waals surface area (Å²) < 4.78 is 5.67. The summed E-state index contributed by atoms with van der Waals surface area (Å²) in [5, 5.41) is 9.34. The minimum Gasteiger partial charge on any atom is -0.394 e. The van der Waals surface area contributed by atoms with E-state index in [-0.39, 0.29) is 24.7 Å². The Balaban J connectivity index is 2.36. The lowest BCUT2D eigenvalue weighted by Gasteiger charge is -2.38. The molecule has 0 amide bonds. The Labute approximate surface area is 119 Å². The third-order valence-corrected chi connectivity index (χ3v) is 3.41. The Bertz CT molecular complexity index is 454. The lowest BCUT2D eigenvalue weighted by Crippen LogP contribution is -2.48. The van der Waals surface area contributed by atoms with Gasteiger partial charge in [0.15, 0.2) is 0 Å². The molecule has 0 spiro atoms. The van der Waals surface area contributed by atoms with Crippen LogP contribution in [0.5, 0.6) is 0 Å². The van der Waals surface area contributed by atoms with Crippen molar-refractivity contribution >= 4 is 11.6 Å². The van der Waals surface area contributed by atoms with Crippen molar-refractivity contribution in [2.24, 2.45) is 5.84 Å². The van der Waals surface area contributed by atoms with Crippen LogP contribution < -0.4 is 16.2 Å². The predicted molar refractivity (Wildman–Crippen MR) is 77.6 cm³/mol. The number of nitrogens with one attached hydrogen (secondary N) is 1. The molecule has 7 heteroatoms. The number of nitrogen functional groups attached to an aromatic ring is 1. The molecule has 0 bridgehead atoms. The fraction of sp³-hybridized carbons (Fsp3) is 0.692. The number of aliphatic hydroxyl groups is 1. The van der Waals surface area contributed by atoms with Crippen molar-refractivity contribution in [1.29, 1.82) is 0 Å². The number of aromatic nitrogens is 2. The Morgan fingerprint density at radius 3 is 2.85 bits per heavy atom. The molecule has 1 fully saturated rings. The summed E-state index contributed by atoms with van der Waals surface area (Å²) in [5.41, 5.74) is 3.62. The second-order valence-corrected chi connectivity index (χ2v) is 5.41. The van der Waals surface area contributed by atoms with Gasteiger partial charge in [-0.05, 0) is 12.8 Å². The molecule has 1 aliphatic heterocycles. The smallest absolute Gasteiger partial charge is 0.148 e. The van der Waals surface area contributed by atoms with E-state index >= 15 is 0 Å².